The van der Waals surface area contributed by atoms with Gasteiger partial charge in [0.2, 0.25) is 5.88 Å². The average molecular weight is 477 g/mol. The first kappa shape index (κ1) is 23.7. The van der Waals surface area contributed by atoms with Crippen LogP contribution >= 0.6 is 0 Å². The summed E-state index contributed by atoms with van der Waals surface area (Å²) >= 11 is 0. The molecule has 6 heteroatoms. The van der Waals surface area contributed by atoms with Gasteiger partial charge < -0.3 is 14.7 Å². The Bertz CT molecular complexity index is 1370. The normalized spacial score (nSPS) is 14.4. The van der Waals surface area contributed by atoms with Crippen LogP contribution in [0, 0.1) is 18.3 Å². The molecule has 4 aromatic rings. The van der Waals surface area contributed by atoms with Crippen molar-refractivity contribution in [2.75, 3.05) is 19.6 Å². The molecule has 1 N–H and O–H groups in total. The Morgan fingerprint density at radius 3 is 2.42 bits per heavy atom. The third-order valence-electron chi connectivity index (χ3n) is 6.45. The number of nitrogens with zero attached hydrogens (tertiary/aromatic N) is 4. The largest absolute Gasteiger partial charge is 0.438 e. The van der Waals surface area contributed by atoms with E-state index in [9.17, 15) is 10.4 Å². The van der Waals surface area contributed by atoms with Crippen molar-refractivity contribution >= 4 is 0 Å². The molecule has 6 nitrogen and oxygen atoms in total. The molecule has 1 aliphatic rings. The second-order valence-corrected chi connectivity index (χ2v) is 9.07. The van der Waals surface area contributed by atoms with Crippen molar-refractivity contribution in [2.45, 2.75) is 25.9 Å². The van der Waals surface area contributed by atoms with Crippen molar-refractivity contribution in [2.24, 2.45) is 0 Å². The van der Waals surface area contributed by atoms with Crippen LogP contribution in [-0.2, 0) is 0 Å². The van der Waals surface area contributed by atoms with Crippen LogP contribution in [0.5, 0.6) is 11.6 Å². The van der Waals surface area contributed by atoms with Gasteiger partial charge in [0.15, 0.2) is 0 Å². The maximum absolute atomic E-state index is 10.7. The van der Waals surface area contributed by atoms with Crippen molar-refractivity contribution in [3.63, 3.8) is 0 Å². The molecule has 1 aromatic heterocycles. The Labute approximate surface area is 211 Å². The molecule has 1 fully saturated rings. The van der Waals surface area contributed by atoms with Crippen LogP contribution in [0.15, 0.2) is 78.9 Å². The lowest BCUT2D eigenvalue weighted by Gasteiger charge is -2.20. The summed E-state index contributed by atoms with van der Waals surface area (Å²) in [6.45, 7) is 4.59. The third kappa shape index (κ3) is 5.44. The zero-order valence-electron chi connectivity index (χ0n) is 20.3. The van der Waals surface area contributed by atoms with Crippen molar-refractivity contribution in [3.05, 3.63) is 95.8 Å². The fourth-order valence-corrected chi connectivity index (χ4v) is 4.58. The maximum atomic E-state index is 10.7. The van der Waals surface area contributed by atoms with E-state index in [4.69, 9.17) is 4.74 Å². The maximum Gasteiger partial charge on any atom is 0.223 e. The lowest BCUT2D eigenvalue weighted by molar-refractivity contribution is 0.126. The van der Waals surface area contributed by atoms with E-state index in [1.54, 1.807) is 12.1 Å². The molecule has 36 heavy (non-hydrogen) atoms. The van der Waals surface area contributed by atoms with E-state index in [-0.39, 0.29) is 0 Å². The summed E-state index contributed by atoms with van der Waals surface area (Å²) in [6.07, 6.45) is 1.88. The number of aliphatic hydroxyl groups excluding tert-OH is 1. The van der Waals surface area contributed by atoms with Crippen molar-refractivity contribution in [1.29, 1.82) is 5.26 Å². The van der Waals surface area contributed by atoms with Gasteiger partial charge in [0.1, 0.15) is 11.6 Å². The molecule has 0 aliphatic carbocycles. The summed E-state index contributed by atoms with van der Waals surface area (Å²) in [6, 6.07) is 27.2. The van der Waals surface area contributed by atoms with E-state index >= 15 is 0 Å². The second-order valence-electron chi connectivity index (χ2n) is 9.07. The summed E-state index contributed by atoms with van der Waals surface area (Å²) in [5.41, 5.74) is 4.91. The highest BCUT2D eigenvalue weighted by Crippen LogP contribution is 2.35. The molecular weight excluding hydrogens is 448 g/mol. The Balaban J connectivity index is 1.43. The van der Waals surface area contributed by atoms with Gasteiger partial charge in [-0.1, -0.05) is 54.6 Å². The predicted octanol–water partition coefficient (Wildman–Crippen LogP) is 5.91. The van der Waals surface area contributed by atoms with Gasteiger partial charge in [0.05, 0.1) is 23.4 Å². The van der Waals surface area contributed by atoms with Crippen LogP contribution in [0.4, 0.5) is 0 Å². The standard InChI is InChI=1S/C30H28N4O2/c1-21-32-27(24-7-3-2-4-8-24)18-30(33-21)36-29-17-22(19-31)9-14-26(29)23-10-12-25(13-11-23)28(35)20-34-15-5-6-16-34/h2-4,7-14,17-18,28,35H,5-6,15-16,20H2,1H3. The first-order valence-corrected chi connectivity index (χ1v) is 12.2. The van der Waals surface area contributed by atoms with Gasteiger partial charge in [0, 0.05) is 23.7 Å². The lowest BCUT2D eigenvalue weighted by atomic mass is 9.99. The predicted molar refractivity (Wildman–Crippen MR) is 140 cm³/mol. The van der Waals surface area contributed by atoms with Crippen LogP contribution in [0.25, 0.3) is 22.4 Å². The van der Waals surface area contributed by atoms with Gasteiger partial charge in [-0.15, -0.1) is 0 Å². The second kappa shape index (κ2) is 10.7. The van der Waals surface area contributed by atoms with Crippen molar-refractivity contribution in [1.82, 2.24) is 14.9 Å². The van der Waals surface area contributed by atoms with Crippen molar-refractivity contribution < 1.29 is 9.84 Å². The smallest absolute Gasteiger partial charge is 0.223 e. The number of ether oxygens (including phenoxy) is 1. The molecule has 1 saturated heterocycles. The average Bonchev–Trinajstić information content (AvgIpc) is 3.42. The van der Waals surface area contributed by atoms with Gasteiger partial charge in [-0.3, -0.25) is 0 Å². The molecule has 1 aliphatic heterocycles. The van der Waals surface area contributed by atoms with Gasteiger partial charge in [-0.25, -0.2) is 4.98 Å². The molecular formula is C30H28N4O2. The van der Waals surface area contributed by atoms with Crippen LogP contribution in [0.3, 0.4) is 0 Å². The number of aryl methyl sites for hydroxylation is 1. The van der Waals surface area contributed by atoms with E-state index < -0.39 is 6.10 Å². The summed E-state index contributed by atoms with van der Waals surface area (Å²) in [5, 5.41) is 20.2. The molecule has 0 spiro atoms. The first-order valence-electron chi connectivity index (χ1n) is 12.2. The summed E-state index contributed by atoms with van der Waals surface area (Å²) in [5.74, 6) is 1.55. The molecule has 5 rings (SSSR count). The van der Waals surface area contributed by atoms with E-state index in [2.05, 4.69) is 20.9 Å². The number of aromatic nitrogens is 2. The van der Waals surface area contributed by atoms with Gasteiger partial charge in [0.25, 0.3) is 0 Å². The number of hydrogen-bond acceptors (Lipinski definition) is 6. The fraction of sp³-hybridized carbons (Fsp3) is 0.233. The van der Waals surface area contributed by atoms with Crippen molar-refractivity contribution in [3.8, 4) is 40.1 Å². The van der Waals surface area contributed by atoms with E-state index in [0.29, 0.717) is 29.6 Å². The monoisotopic (exact) mass is 476 g/mol. The third-order valence-corrected chi connectivity index (χ3v) is 6.45. The minimum absolute atomic E-state index is 0.412. The van der Waals surface area contributed by atoms with Gasteiger partial charge in [-0.05, 0) is 62.2 Å². The topological polar surface area (TPSA) is 82.3 Å². The zero-order valence-corrected chi connectivity index (χ0v) is 20.3. The molecule has 1 unspecified atom stereocenters. The van der Waals surface area contributed by atoms with Gasteiger partial charge >= 0.3 is 0 Å². The SMILES string of the molecule is Cc1nc(Oc2cc(C#N)ccc2-c2ccc(C(O)CN3CCCC3)cc2)cc(-c2ccccc2)n1. The first-order chi connectivity index (χ1) is 17.6. The molecule has 0 bridgehead atoms. The molecule has 1 atom stereocenters. The van der Waals surface area contributed by atoms with E-state index in [0.717, 1.165) is 41.0 Å². The number of hydrogen-bond donors (Lipinski definition) is 1. The Kier molecular flexibility index (Phi) is 7.03. The highest BCUT2D eigenvalue weighted by Gasteiger charge is 2.18. The summed E-state index contributed by atoms with van der Waals surface area (Å²) < 4.78 is 6.26. The molecule has 3 aromatic carbocycles. The number of β-amino-alcohol motifs (C(OH)–C–C–N with tert-alkyl or cyclic N) is 1. The number of rotatable bonds is 7. The van der Waals surface area contributed by atoms with Crippen LogP contribution in [0.2, 0.25) is 0 Å². The van der Waals surface area contributed by atoms with Gasteiger partial charge in [-0.2, -0.15) is 10.2 Å². The highest BCUT2D eigenvalue weighted by atomic mass is 16.5. The quantitative estimate of drug-likeness (QED) is 0.357. The van der Waals surface area contributed by atoms with E-state index in [1.165, 1.54) is 12.8 Å². The lowest BCUT2D eigenvalue weighted by Crippen LogP contribution is -2.25. The summed E-state index contributed by atoms with van der Waals surface area (Å²) in [7, 11) is 0. The van der Waals surface area contributed by atoms with Crippen LogP contribution in [0.1, 0.15) is 35.9 Å². The zero-order chi connectivity index (χ0) is 24.9. The molecule has 0 radical (unpaired) electrons. The minimum atomic E-state index is -0.519. The highest BCUT2D eigenvalue weighted by molar-refractivity contribution is 5.72. The number of aliphatic hydroxyl groups is 1. The van der Waals surface area contributed by atoms with E-state index in [1.807, 2.05) is 73.7 Å². The minimum Gasteiger partial charge on any atom is -0.438 e. The number of nitriles is 1. The Hall–Kier alpha value is -4.05. The summed E-state index contributed by atoms with van der Waals surface area (Å²) in [4.78, 5) is 11.3. The van der Waals surface area contributed by atoms with Crippen LogP contribution < -0.4 is 4.74 Å². The fourth-order valence-electron chi connectivity index (χ4n) is 4.58. The molecule has 2 heterocycles. The molecule has 0 amide bonds. The Morgan fingerprint density at radius 2 is 1.69 bits per heavy atom. The number of likely N-dealkylation sites (tertiary alicyclic amines) is 1. The Morgan fingerprint density at radius 1 is 0.944 bits per heavy atom. The molecule has 0 saturated carbocycles. The number of benzene rings is 3. The molecule has 180 valence electrons. The van der Waals surface area contributed by atoms with Crippen LogP contribution in [-0.4, -0.2) is 39.6 Å².